The molecule has 0 aliphatic carbocycles. The number of aliphatic hydroxyl groups excluding tert-OH is 1. The van der Waals surface area contributed by atoms with Gasteiger partial charge in [0, 0.05) is 31.6 Å². The van der Waals surface area contributed by atoms with Crippen molar-refractivity contribution in [3.8, 4) is 11.5 Å². The Labute approximate surface area is 198 Å². The molecule has 0 aromatic carbocycles. The molecule has 10 heteroatoms. The Morgan fingerprint density at radius 3 is 2.82 bits per heavy atom. The molecular weight excluding hydrogens is 432 g/mol. The molecule has 0 spiro atoms. The molecule has 0 radical (unpaired) electrons. The number of aryl methyl sites for hydroxylation is 1. The number of amides is 1. The SMILES string of the molecule is CNCc1nc(N(C)C(C)C)cc2c1CN(c1cccc(-c3nnc4n3[C@@H](CO)CC4)n1)C2=O. The third-order valence-electron chi connectivity index (χ3n) is 6.75. The summed E-state index contributed by atoms with van der Waals surface area (Å²) in [6.45, 7) is 5.21. The summed E-state index contributed by atoms with van der Waals surface area (Å²) in [7, 11) is 3.87. The highest BCUT2D eigenvalue weighted by atomic mass is 16.3. The second-order valence-electron chi connectivity index (χ2n) is 9.15. The first-order chi connectivity index (χ1) is 16.4. The van der Waals surface area contributed by atoms with Crippen LogP contribution >= 0.6 is 0 Å². The van der Waals surface area contributed by atoms with Gasteiger partial charge in [0.05, 0.1) is 30.5 Å². The highest BCUT2D eigenvalue weighted by Crippen LogP contribution is 2.34. The van der Waals surface area contributed by atoms with Gasteiger partial charge in [-0.3, -0.25) is 9.69 Å². The molecule has 2 aliphatic rings. The van der Waals surface area contributed by atoms with Gasteiger partial charge >= 0.3 is 0 Å². The summed E-state index contributed by atoms with van der Waals surface area (Å²) in [5, 5.41) is 21.6. The minimum atomic E-state index is -0.0856. The number of anilines is 2. The van der Waals surface area contributed by atoms with Crippen molar-refractivity contribution in [2.45, 2.75) is 51.9 Å². The Morgan fingerprint density at radius 2 is 2.09 bits per heavy atom. The minimum Gasteiger partial charge on any atom is -0.394 e. The molecule has 5 heterocycles. The Morgan fingerprint density at radius 1 is 1.26 bits per heavy atom. The number of aliphatic hydroxyl groups is 1. The Bertz CT molecular complexity index is 1240. The van der Waals surface area contributed by atoms with Crippen LogP contribution in [0.25, 0.3) is 11.5 Å². The third kappa shape index (κ3) is 3.63. The van der Waals surface area contributed by atoms with E-state index in [1.807, 2.05) is 42.9 Å². The van der Waals surface area contributed by atoms with Gasteiger partial charge in [0.2, 0.25) is 0 Å². The fourth-order valence-corrected chi connectivity index (χ4v) is 4.64. The van der Waals surface area contributed by atoms with Gasteiger partial charge in [0.15, 0.2) is 5.82 Å². The van der Waals surface area contributed by atoms with Gasteiger partial charge < -0.3 is 19.9 Å². The molecule has 2 aliphatic heterocycles. The number of nitrogens with one attached hydrogen (secondary N) is 1. The number of hydrogen-bond donors (Lipinski definition) is 2. The van der Waals surface area contributed by atoms with E-state index in [0.717, 1.165) is 35.7 Å². The predicted octanol–water partition coefficient (Wildman–Crippen LogP) is 1.94. The highest BCUT2D eigenvalue weighted by molar-refractivity contribution is 6.10. The smallest absolute Gasteiger partial charge is 0.260 e. The van der Waals surface area contributed by atoms with Crippen molar-refractivity contribution in [3.63, 3.8) is 0 Å². The molecular formula is C24H30N8O2. The lowest BCUT2D eigenvalue weighted by Crippen LogP contribution is -2.27. The van der Waals surface area contributed by atoms with Crippen molar-refractivity contribution < 1.29 is 9.90 Å². The van der Waals surface area contributed by atoms with Crippen LogP contribution in [0.5, 0.6) is 0 Å². The van der Waals surface area contributed by atoms with E-state index in [1.54, 1.807) is 4.90 Å². The number of carbonyl (C=O) groups excluding carboxylic acids is 1. The summed E-state index contributed by atoms with van der Waals surface area (Å²) < 4.78 is 1.97. The van der Waals surface area contributed by atoms with Crippen LogP contribution in [0.2, 0.25) is 0 Å². The molecule has 3 aromatic rings. The van der Waals surface area contributed by atoms with Gasteiger partial charge in [-0.05, 0) is 45.5 Å². The number of pyridine rings is 2. The quantitative estimate of drug-likeness (QED) is 0.548. The van der Waals surface area contributed by atoms with Crippen LogP contribution in [0.1, 0.15) is 53.7 Å². The van der Waals surface area contributed by atoms with Crippen LogP contribution in [0.15, 0.2) is 24.3 Å². The maximum Gasteiger partial charge on any atom is 0.260 e. The predicted molar refractivity (Wildman–Crippen MR) is 129 cm³/mol. The summed E-state index contributed by atoms with van der Waals surface area (Å²) in [5.74, 6) is 2.73. The van der Waals surface area contributed by atoms with E-state index < -0.39 is 0 Å². The highest BCUT2D eigenvalue weighted by Gasteiger charge is 2.34. The fourth-order valence-electron chi connectivity index (χ4n) is 4.64. The minimum absolute atomic E-state index is 0.0338. The molecule has 0 bridgehead atoms. The molecule has 0 saturated carbocycles. The maximum atomic E-state index is 13.5. The zero-order valence-electron chi connectivity index (χ0n) is 20.0. The fraction of sp³-hybridized carbons (Fsp3) is 0.458. The second kappa shape index (κ2) is 8.77. The summed E-state index contributed by atoms with van der Waals surface area (Å²) in [5.41, 5.74) is 3.10. The van der Waals surface area contributed by atoms with Crippen molar-refractivity contribution in [1.29, 1.82) is 0 Å². The maximum absolute atomic E-state index is 13.5. The van der Waals surface area contributed by atoms with Gasteiger partial charge in [0.1, 0.15) is 23.2 Å². The van der Waals surface area contributed by atoms with E-state index in [2.05, 4.69) is 34.3 Å². The van der Waals surface area contributed by atoms with Crippen molar-refractivity contribution in [2.75, 3.05) is 30.5 Å². The number of fused-ring (bicyclic) bond motifs is 2. The third-order valence-corrected chi connectivity index (χ3v) is 6.75. The number of aromatic nitrogens is 5. The molecule has 5 rings (SSSR count). The number of rotatable bonds is 7. The van der Waals surface area contributed by atoms with Gasteiger partial charge in [-0.25, -0.2) is 9.97 Å². The van der Waals surface area contributed by atoms with E-state index in [9.17, 15) is 9.90 Å². The molecule has 3 aromatic heterocycles. The first-order valence-corrected chi connectivity index (χ1v) is 11.7. The Hall–Kier alpha value is -3.37. The van der Waals surface area contributed by atoms with Crippen molar-refractivity contribution in [2.24, 2.45) is 0 Å². The molecule has 178 valence electrons. The van der Waals surface area contributed by atoms with E-state index in [4.69, 9.17) is 9.97 Å². The number of hydrogen-bond acceptors (Lipinski definition) is 8. The first kappa shape index (κ1) is 22.4. The van der Waals surface area contributed by atoms with Gasteiger partial charge in [-0.2, -0.15) is 0 Å². The van der Waals surface area contributed by atoms with E-state index in [0.29, 0.717) is 36.0 Å². The largest absolute Gasteiger partial charge is 0.394 e. The zero-order valence-corrected chi connectivity index (χ0v) is 20.0. The summed E-state index contributed by atoms with van der Waals surface area (Å²) in [6, 6.07) is 7.68. The lowest BCUT2D eigenvalue weighted by molar-refractivity contribution is 0.0996. The van der Waals surface area contributed by atoms with Gasteiger partial charge in [-0.15, -0.1) is 10.2 Å². The molecule has 1 amide bonds. The number of carbonyl (C=O) groups is 1. The Kier molecular flexibility index (Phi) is 5.78. The normalized spacial score (nSPS) is 16.9. The second-order valence-corrected chi connectivity index (χ2v) is 9.15. The zero-order chi connectivity index (χ0) is 24.0. The average Bonchev–Trinajstić information content (AvgIpc) is 3.53. The van der Waals surface area contributed by atoms with Crippen LogP contribution in [0, 0.1) is 0 Å². The van der Waals surface area contributed by atoms with E-state index in [1.165, 1.54) is 0 Å². The summed E-state index contributed by atoms with van der Waals surface area (Å²) >= 11 is 0. The lowest BCUT2D eigenvalue weighted by Gasteiger charge is -2.24. The molecule has 0 saturated heterocycles. The van der Waals surface area contributed by atoms with E-state index in [-0.39, 0.29) is 24.6 Å². The molecule has 10 nitrogen and oxygen atoms in total. The van der Waals surface area contributed by atoms with Crippen molar-refractivity contribution >= 4 is 17.5 Å². The molecule has 34 heavy (non-hydrogen) atoms. The number of nitrogens with zero attached hydrogens (tertiary/aromatic N) is 7. The first-order valence-electron chi connectivity index (χ1n) is 11.7. The molecule has 0 fully saturated rings. The van der Waals surface area contributed by atoms with Crippen molar-refractivity contribution in [1.82, 2.24) is 30.0 Å². The topological polar surface area (TPSA) is 112 Å². The van der Waals surface area contributed by atoms with Crippen LogP contribution in [0.3, 0.4) is 0 Å². The van der Waals surface area contributed by atoms with Crippen LogP contribution in [-0.2, 0) is 19.5 Å². The van der Waals surface area contributed by atoms with Crippen LogP contribution in [0.4, 0.5) is 11.6 Å². The van der Waals surface area contributed by atoms with E-state index >= 15 is 0 Å². The van der Waals surface area contributed by atoms with Crippen molar-refractivity contribution in [3.05, 3.63) is 46.9 Å². The monoisotopic (exact) mass is 462 g/mol. The molecule has 2 N–H and O–H groups in total. The lowest BCUT2D eigenvalue weighted by atomic mass is 10.1. The van der Waals surface area contributed by atoms with Crippen LogP contribution in [-0.4, -0.2) is 62.5 Å². The van der Waals surface area contributed by atoms with Crippen LogP contribution < -0.4 is 15.1 Å². The van der Waals surface area contributed by atoms with Gasteiger partial charge in [-0.1, -0.05) is 6.07 Å². The molecule has 0 unspecified atom stereocenters. The molecule has 1 atom stereocenters. The summed E-state index contributed by atoms with van der Waals surface area (Å²) in [6.07, 6.45) is 1.62. The average molecular weight is 463 g/mol. The van der Waals surface area contributed by atoms with Gasteiger partial charge in [0.25, 0.3) is 5.91 Å². The summed E-state index contributed by atoms with van der Waals surface area (Å²) in [4.78, 5) is 26.9. The standard InChI is InChI=1S/C24H30N8O2/c1-14(2)30(4)22-10-16-17(19(27-22)11-25-3)12-31(24(16)34)20-7-5-6-18(26-20)23-29-28-21-9-8-15(13-33)32(21)23/h5-7,10,14-15,25,33H,8-9,11-13H2,1-4H3/t15-/m1/s1. The Balaban J connectivity index is 1.51.